The number of anilines is 2. The van der Waals surface area contributed by atoms with Crippen LogP contribution >= 0.6 is 0 Å². The molecule has 0 bridgehead atoms. The number of fused-ring (bicyclic) bond motifs is 3. The van der Waals surface area contributed by atoms with Crippen LogP contribution in [0.15, 0.2) is 36.4 Å². The highest BCUT2D eigenvalue weighted by atomic mass is 16.3. The third-order valence-corrected chi connectivity index (χ3v) is 9.32. The lowest BCUT2D eigenvalue weighted by molar-refractivity contribution is -0.190. The molecule has 224 valence electrons. The van der Waals surface area contributed by atoms with Gasteiger partial charge < -0.3 is 36.2 Å². The molecule has 7 atom stereocenters. The molecule has 2 aromatic carbocycles. The maximum Gasteiger partial charge on any atom is 0.230 e. The average Bonchev–Trinajstić information content (AvgIpc) is 2.92. The number of ketones is 3. The van der Waals surface area contributed by atoms with Crippen molar-refractivity contribution in [2.75, 3.05) is 45.0 Å². The second kappa shape index (κ2) is 10.8. The maximum absolute atomic E-state index is 14.1. The van der Waals surface area contributed by atoms with Gasteiger partial charge >= 0.3 is 0 Å². The van der Waals surface area contributed by atoms with Gasteiger partial charge in [0.15, 0.2) is 23.0 Å². The van der Waals surface area contributed by atoms with Crippen molar-refractivity contribution in [2.24, 2.45) is 29.4 Å². The highest BCUT2D eigenvalue weighted by molar-refractivity contribution is 6.26. The van der Waals surface area contributed by atoms with Crippen LogP contribution in [0, 0.1) is 23.7 Å². The van der Waals surface area contributed by atoms with Gasteiger partial charge in [0.1, 0.15) is 11.7 Å². The second-order valence-corrected chi connectivity index (χ2v) is 12.2. The van der Waals surface area contributed by atoms with Crippen molar-refractivity contribution in [3.8, 4) is 5.75 Å². The molecule has 0 saturated heterocycles. The summed E-state index contributed by atoms with van der Waals surface area (Å²) in [6, 6.07) is 10.6. The number of aliphatic hydroxyl groups excluding tert-OH is 1. The third kappa shape index (κ3) is 4.47. The topological polar surface area (TPSA) is 173 Å². The largest absolute Gasteiger partial charge is 0.505 e. The molecule has 1 amide bonds. The summed E-state index contributed by atoms with van der Waals surface area (Å²) in [5.41, 5.74) is 5.45. The highest BCUT2D eigenvalue weighted by Crippen LogP contribution is 2.53. The Balaban J connectivity index is 1.55. The normalized spacial score (nSPS) is 30.4. The number of hydrogen-bond acceptors (Lipinski definition) is 10. The summed E-state index contributed by atoms with van der Waals surface area (Å²) in [7, 11) is 6.89. The Kier molecular flexibility index (Phi) is 7.63. The smallest absolute Gasteiger partial charge is 0.230 e. The third-order valence-electron chi connectivity index (χ3n) is 9.32. The van der Waals surface area contributed by atoms with Gasteiger partial charge in [-0.3, -0.25) is 19.2 Å². The number of phenols is 1. The molecule has 3 aliphatic rings. The van der Waals surface area contributed by atoms with E-state index in [-0.39, 0.29) is 24.2 Å². The Bertz CT molecular complexity index is 1440. The standard InChI is InChI=1S/C31H38N4O7/c1-34(2)20-14-19(33-11-10-15-8-6-5-7-9-15)25(36)22-17(20)12-16-13-18-24(35(3)4)27(38)23(30(32)41)29(40)31(18,42)28(39)21(16)26(22)37/h5-9,14,16,18,21,23-24,27,33,36,38,42H,10-13H2,1-4H3,(H2,32,41)/t16-,18-,21?,23?,24-,27?,31-/m1/s1. The Hall–Kier alpha value is -3.80. The van der Waals surface area contributed by atoms with Crippen LogP contribution in [0.25, 0.3) is 0 Å². The Morgan fingerprint density at radius 1 is 1.10 bits per heavy atom. The summed E-state index contributed by atoms with van der Waals surface area (Å²) in [6.07, 6.45) is -0.557. The lowest BCUT2D eigenvalue weighted by Gasteiger charge is -2.55. The first-order valence-corrected chi connectivity index (χ1v) is 14.1. The van der Waals surface area contributed by atoms with E-state index in [0.717, 1.165) is 5.56 Å². The second-order valence-electron chi connectivity index (χ2n) is 12.2. The van der Waals surface area contributed by atoms with Crippen molar-refractivity contribution in [3.05, 3.63) is 53.1 Å². The zero-order chi connectivity index (χ0) is 30.7. The van der Waals surface area contributed by atoms with Gasteiger partial charge in [-0.15, -0.1) is 0 Å². The number of likely N-dealkylation sites (N-methyl/N-ethyl adjacent to an activating group) is 1. The molecule has 3 unspecified atom stereocenters. The number of nitrogens with two attached hydrogens (primary N) is 1. The summed E-state index contributed by atoms with van der Waals surface area (Å²) >= 11 is 0. The minimum absolute atomic E-state index is 0.0148. The van der Waals surface area contributed by atoms with Gasteiger partial charge in [0.05, 0.1) is 23.3 Å². The number of phenolic OH excluding ortho intramolecular Hbond substituents is 1. The molecule has 0 aromatic heterocycles. The summed E-state index contributed by atoms with van der Waals surface area (Å²) in [5, 5.41) is 37.4. The van der Waals surface area contributed by atoms with Gasteiger partial charge in [-0.1, -0.05) is 30.3 Å². The minimum Gasteiger partial charge on any atom is -0.505 e. The van der Waals surface area contributed by atoms with E-state index in [0.29, 0.717) is 29.9 Å². The van der Waals surface area contributed by atoms with Crippen LogP contribution in [0.1, 0.15) is 27.9 Å². The van der Waals surface area contributed by atoms with Gasteiger partial charge in [0.2, 0.25) is 5.91 Å². The van der Waals surface area contributed by atoms with Crippen molar-refractivity contribution < 1.29 is 34.5 Å². The molecule has 6 N–H and O–H groups in total. The van der Waals surface area contributed by atoms with E-state index in [1.807, 2.05) is 49.3 Å². The molecule has 3 aliphatic carbocycles. The minimum atomic E-state index is -2.69. The number of carbonyl (C=O) groups is 4. The van der Waals surface area contributed by atoms with Crippen LogP contribution in [-0.2, 0) is 27.2 Å². The van der Waals surface area contributed by atoms with Crippen molar-refractivity contribution >= 4 is 34.6 Å². The molecular formula is C31H38N4O7. The van der Waals surface area contributed by atoms with Gasteiger partial charge in [0.25, 0.3) is 0 Å². The molecular weight excluding hydrogens is 540 g/mol. The number of hydrogen-bond donors (Lipinski definition) is 5. The van der Waals surface area contributed by atoms with Gasteiger partial charge in [-0.25, -0.2) is 0 Å². The molecule has 2 saturated carbocycles. The number of rotatable bonds is 7. The fourth-order valence-corrected chi connectivity index (χ4v) is 7.39. The zero-order valence-electron chi connectivity index (χ0n) is 24.2. The van der Waals surface area contributed by atoms with E-state index in [1.54, 1.807) is 25.1 Å². The summed E-state index contributed by atoms with van der Waals surface area (Å²) < 4.78 is 0. The molecule has 0 radical (unpaired) electrons. The number of aliphatic hydroxyl groups is 2. The fourth-order valence-electron chi connectivity index (χ4n) is 7.39. The van der Waals surface area contributed by atoms with Crippen LogP contribution in [0.4, 0.5) is 11.4 Å². The molecule has 0 heterocycles. The van der Waals surface area contributed by atoms with Crippen LogP contribution in [0.3, 0.4) is 0 Å². The molecule has 0 spiro atoms. The summed E-state index contributed by atoms with van der Waals surface area (Å²) in [4.78, 5) is 57.3. The quantitative estimate of drug-likeness (QED) is 0.228. The zero-order valence-corrected chi connectivity index (χ0v) is 24.2. The van der Waals surface area contributed by atoms with E-state index in [2.05, 4.69) is 5.32 Å². The van der Waals surface area contributed by atoms with E-state index in [9.17, 15) is 34.5 Å². The first-order valence-electron chi connectivity index (χ1n) is 14.1. The lowest BCUT2D eigenvalue weighted by atomic mass is 9.52. The first kappa shape index (κ1) is 29.7. The van der Waals surface area contributed by atoms with Gasteiger partial charge in [-0.05, 0) is 56.5 Å². The number of carbonyl (C=O) groups excluding carboxylic acids is 4. The molecule has 11 heteroatoms. The molecule has 2 fully saturated rings. The molecule has 0 aliphatic heterocycles. The Morgan fingerprint density at radius 2 is 1.76 bits per heavy atom. The van der Waals surface area contributed by atoms with Crippen molar-refractivity contribution in [1.82, 2.24) is 4.90 Å². The van der Waals surface area contributed by atoms with E-state index >= 15 is 0 Å². The summed E-state index contributed by atoms with van der Waals surface area (Å²) in [5.74, 6) is -9.18. The molecule has 5 rings (SSSR count). The summed E-state index contributed by atoms with van der Waals surface area (Å²) in [6.45, 7) is 0.473. The van der Waals surface area contributed by atoms with Crippen LogP contribution < -0.4 is 16.0 Å². The maximum atomic E-state index is 14.1. The number of aromatic hydroxyl groups is 1. The number of nitrogens with zero attached hydrogens (tertiary/aromatic N) is 2. The molecule has 11 nitrogen and oxygen atoms in total. The fraction of sp³-hybridized carbons (Fsp3) is 0.484. The lowest BCUT2D eigenvalue weighted by Crippen LogP contribution is -2.75. The van der Waals surface area contributed by atoms with Crippen molar-refractivity contribution in [1.29, 1.82) is 0 Å². The van der Waals surface area contributed by atoms with E-state index in [1.165, 1.54) is 0 Å². The SMILES string of the molecule is CN(C)c1cc(NCCc2ccccc2)c(O)c2c1C[C@@H]1C[C@@H]3[C@@H](N(C)C)C(O)C(C(N)=O)C(=O)[C@]3(O)C(=O)C1C2=O. The van der Waals surface area contributed by atoms with Crippen LogP contribution in [0.5, 0.6) is 5.75 Å². The predicted octanol–water partition coefficient (Wildman–Crippen LogP) is 0.379. The van der Waals surface area contributed by atoms with E-state index in [4.69, 9.17) is 5.73 Å². The van der Waals surface area contributed by atoms with Crippen molar-refractivity contribution in [3.63, 3.8) is 0 Å². The van der Waals surface area contributed by atoms with Crippen molar-refractivity contribution in [2.45, 2.75) is 37.0 Å². The van der Waals surface area contributed by atoms with Gasteiger partial charge in [-0.2, -0.15) is 0 Å². The number of amides is 1. The monoisotopic (exact) mass is 578 g/mol. The number of primary amides is 1. The Morgan fingerprint density at radius 3 is 2.36 bits per heavy atom. The highest BCUT2D eigenvalue weighted by Gasteiger charge is 2.69. The van der Waals surface area contributed by atoms with Gasteiger partial charge in [0, 0.05) is 38.3 Å². The van der Waals surface area contributed by atoms with Crippen LogP contribution in [0.2, 0.25) is 0 Å². The van der Waals surface area contributed by atoms with E-state index < -0.39 is 64.7 Å². The first-order chi connectivity index (χ1) is 19.8. The van der Waals surface area contributed by atoms with Crippen LogP contribution in [-0.4, -0.2) is 96.0 Å². The average molecular weight is 579 g/mol. The predicted molar refractivity (Wildman–Crippen MR) is 155 cm³/mol. The number of nitrogens with one attached hydrogen (secondary N) is 1. The molecule has 2 aromatic rings. The Labute approximate surface area is 244 Å². The molecule has 42 heavy (non-hydrogen) atoms. The number of Topliss-reactive ketones (excluding diaryl/α,β-unsaturated/α-hetero) is 3. The number of benzene rings is 2.